The SMILES string of the molecule is Cl.Cl.NC[C@H]1CC[C@@H](C(=O)NCCc2cccnc2)O1. The summed E-state index contributed by atoms with van der Waals surface area (Å²) in [5, 5.41) is 2.89. The number of rotatable bonds is 5. The van der Waals surface area contributed by atoms with E-state index in [1.165, 1.54) is 0 Å². The van der Waals surface area contributed by atoms with Crippen molar-refractivity contribution >= 4 is 30.7 Å². The van der Waals surface area contributed by atoms with Crippen LogP contribution in [-0.4, -0.2) is 36.2 Å². The molecule has 1 aromatic heterocycles. The number of pyridine rings is 1. The van der Waals surface area contributed by atoms with Crippen LogP contribution in [0.5, 0.6) is 0 Å². The van der Waals surface area contributed by atoms with Crippen LogP contribution >= 0.6 is 24.8 Å². The molecule has 1 fully saturated rings. The maximum Gasteiger partial charge on any atom is 0.249 e. The summed E-state index contributed by atoms with van der Waals surface area (Å²) in [5.74, 6) is -0.0326. The minimum Gasteiger partial charge on any atom is -0.364 e. The third-order valence-electron chi connectivity index (χ3n) is 3.10. The molecule has 1 amide bonds. The molecule has 0 radical (unpaired) electrons. The van der Waals surface area contributed by atoms with Gasteiger partial charge < -0.3 is 15.8 Å². The van der Waals surface area contributed by atoms with Crippen molar-refractivity contribution in [2.75, 3.05) is 13.1 Å². The Labute approximate surface area is 131 Å². The van der Waals surface area contributed by atoms with E-state index in [1.807, 2.05) is 18.3 Å². The van der Waals surface area contributed by atoms with Crippen molar-refractivity contribution in [3.05, 3.63) is 30.1 Å². The lowest BCUT2D eigenvalue weighted by atomic mass is 10.2. The highest BCUT2D eigenvalue weighted by atomic mass is 35.5. The highest BCUT2D eigenvalue weighted by Gasteiger charge is 2.29. The average Bonchev–Trinajstić information content (AvgIpc) is 2.89. The van der Waals surface area contributed by atoms with Crippen LogP contribution in [0, 0.1) is 0 Å². The fourth-order valence-corrected chi connectivity index (χ4v) is 2.06. The van der Waals surface area contributed by atoms with Crippen molar-refractivity contribution in [3.63, 3.8) is 0 Å². The molecule has 1 aliphatic rings. The van der Waals surface area contributed by atoms with E-state index in [4.69, 9.17) is 10.5 Å². The zero-order valence-corrected chi connectivity index (χ0v) is 12.8. The minimum atomic E-state index is -0.326. The third kappa shape index (κ3) is 5.63. The van der Waals surface area contributed by atoms with E-state index in [0.29, 0.717) is 13.1 Å². The molecule has 0 unspecified atom stereocenters. The van der Waals surface area contributed by atoms with Crippen molar-refractivity contribution in [3.8, 4) is 0 Å². The van der Waals surface area contributed by atoms with Gasteiger partial charge in [0, 0.05) is 25.5 Å². The average molecular weight is 322 g/mol. The smallest absolute Gasteiger partial charge is 0.249 e. The number of hydrogen-bond donors (Lipinski definition) is 2. The van der Waals surface area contributed by atoms with E-state index in [2.05, 4.69) is 10.3 Å². The predicted octanol–water partition coefficient (Wildman–Crippen LogP) is 1.09. The topological polar surface area (TPSA) is 77.2 Å². The quantitative estimate of drug-likeness (QED) is 0.851. The van der Waals surface area contributed by atoms with Crippen LogP contribution in [0.25, 0.3) is 0 Å². The molecule has 20 heavy (non-hydrogen) atoms. The molecular formula is C13H21Cl2N3O2. The fraction of sp³-hybridized carbons (Fsp3) is 0.538. The third-order valence-corrected chi connectivity index (χ3v) is 3.10. The Hall–Kier alpha value is -0.880. The van der Waals surface area contributed by atoms with Crippen LogP contribution in [0.15, 0.2) is 24.5 Å². The molecule has 3 N–H and O–H groups in total. The molecule has 5 nitrogen and oxygen atoms in total. The number of aromatic nitrogens is 1. The Bertz CT molecular complexity index is 392. The van der Waals surface area contributed by atoms with E-state index in [9.17, 15) is 4.79 Å². The molecule has 1 saturated heterocycles. The summed E-state index contributed by atoms with van der Waals surface area (Å²) in [5.41, 5.74) is 6.62. The first-order valence-electron chi connectivity index (χ1n) is 6.31. The van der Waals surface area contributed by atoms with Crippen molar-refractivity contribution in [2.45, 2.75) is 31.5 Å². The molecular weight excluding hydrogens is 301 g/mol. The van der Waals surface area contributed by atoms with E-state index >= 15 is 0 Å². The molecule has 2 rings (SSSR count). The molecule has 0 saturated carbocycles. The number of ether oxygens (including phenoxy) is 1. The lowest BCUT2D eigenvalue weighted by Gasteiger charge is -2.12. The molecule has 2 heterocycles. The van der Waals surface area contributed by atoms with Gasteiger partial charge in [0.15, 0.2) is 0 Å². The second-order valence-electron chi connectivity index (χ2n) is 4.46. The number of halogens is 2. The van der Waals surface area contributed by atoms with Gasteiger partial charge in [0.1, 0.15) is 6.10 Å². The zero-order valence-electron chi connectivity index (χ0n) is 11.2. The number of nitrogens with zero attached hydrogens (tertiary/aromatic N) is 1. The van der Waals surface area contributed by atoms with Gasteiger partial charge in [0.25, 0.3) is 0 Å². The summed E-state index contributed by atoms with van der Waals surface area (Å²) in [6.07, 6.45) is 5.68. The van der Waals surface area contributed by atoms with Crippen LogP contribution < -0.4 is 11.1 Å². The predicted molar refractivity (Wildman–Crippen MR) is 82.4 cm³/mol. The summed E-state index contributed by atoms with van der Waals surface area (Å²) in [6.45, 7) is 1.09. The van der Waals surface area contributed by atoms with Gasteiger partial charge in [0.2, 0.25) is 5.91 Å². The van der Waals surface area contributed by atoms with Crippen molar-refractivity contribution < 1.29 is 9.53 Å². The largest absolute Gasteiger partial charge is 0.364 e. The summed E-state index contributed by atoms with van der Waals surface area (Å²) in [4.78, 5) is 15.8. The van der Waals surface area contributed by atoms with Crippen molar-refractivity contribution in [1.82, 2.24) is 10.3 Å². The number of hydrogen-bond acceptors (Lipinski definition) is 4. The number of amides is 1. The summed E-state index contributed by atoms with van der Waals surface area (Å²) < 4.78 is 5.53. The van der Waals surface area contributed by atoms with Crippen molar-refractivity contribution in [2.24, 2.45) is 5.73 Å². The maximum absolute atomic E-state index is 11.8. The van der Waals surface area contributed by atoms with Crippen LogP contribution in [0.1, 0.15) is 18.4 Å². The highest BCUT2D eigenvalue weighted by molar-refractivity contribution is 5.85. The van der Waals surface area contributed by atoms with E-state index in [0.717, 1.165) is 24.8 Å². The number of carbonyl (C=O) groups excluding carboxylic acids is 1. The highest BCUT2D eigenvalue weighted by Crippen LogP contribution is 2.18. The molecule has 114 valence electrons. The van der Waals surface area contributed by atoms with Gasteiger partial charge in [-0.1, -0.05) is 6.07 Å². The van der Waals surface area contributed by atoms with Crippen LogP contribution in [-0.2, 0) is 16.0 Å². The van der Waals surface area contributed by atoms with E-state index < -0.39 is 0 Å². The van der Waals surface area contributed by atoms with E-state index in [1.54, 1.807) is 6.20 Å². The Morgan fingerprint density at radius 3 is 2.85 bits per heavy atom. The summed E-state index contributed by atoms with van der Waals surface area (Å²) >= 11 is 0. The number of nitrogens with two attached hydrogens (primary N) is 1. The van der Waals surface area contributed by atoms with Gasteiger partial charge >= 0.3 is 0 Å². The van der Waals surface area contributed by atoms with Crippen LogP contribution in [0.4, 0.5) is 0 Å². The first-order valence-corrected chi connectivity index (χ1v) is 6.31. The molecule has 2 atom stereocenters. The maximum atomic E-state index is 11.8. The molecule has 0 spiro atoms. The van der Waals surface area contributed by atoms with E-state index in [-0.39, 0.29) is 42.9 Å². The molecule has 7 heteroatoms. The standard InChI is InChI=1S/C13H19N3O2.2ClH/c14-8-11-3-4-12(18-11)13(17)16-7-5-10-2-1-6-15-9-10;;/h1-2,6,9,11-12H,3-5,7-8,14H2,(H,16,17);2*1H/t11-,12+;;/m1../s1. The van der Waals surface area contributed by atoms with Gasteiger partial charge in [-0.05, 0) is 30.9 Å². The molecule has 0 aromatic carbocycles. The lowest BCUT2D eigenvalue weighted by molar-refractivity contribution is -0.131. The Balaban J connectivity index is 0.00000180. The summed E-state index contributed by atoms with van der Waals surface area (Å²) in [6, 6.07) is 3.89. The first kappa shape index (κ1) is 19.1. The molecule has 0 bridgehead atoms. The molecule has 1 aliphatic heterocycles. The van der Waals surface area contributed by atoms with Gasteiger partial charge in [-0.25, -0.2) is 0 Å². The van der Waals surface area contributed by atoms with Gasteiger partial charge in [0.05, 0.1) is 6.10 Å². The zero-order chi connectivity index (χ0) is 12.8. The second kappa shape index (κ2) is 9.94. The normalized spacial score (nSPS) is 20.6. The monoisotopic (exact) mass is 321 g/mol. The number of carbonyl (C=O) groups is 1. The minimum absolute atomic E-state index is 0. The number of nitrogens with one attached hydrogen (secondary N) is 1. The van der Waals surface area contributed by atoms with Crippen LogP contribution in [0.3, 0.4) is 0 Å². The summed E-state index contributed by atoms with van der Waals surface area (Å²) in [7, 11) is 0. The van der Waals surface area contributed by atoms with Crippen LogP contribution in [0.2, 0.25) is 0 Å². The molecule has 1 aromatic rings. The molecule has 0 aliphatic carbocycles. The van der Waals surface area contributed by atoms with Gasteiger partial charge in [-0.15, -0.1) is 24.8 Å². The van der Waals surface area contributed by atoms with Crippen molar-refractivity contribution in [1.29, 1.82) is 0 Å². The lowest BCUT2D eigenvalue weighted by Crippen LogP contribution is -2.36. The fourth-order valence-electron chi connectivity index (χ4n) is 2.06. The Morgan fingerprint density at radius 1 is 1.45 bits per heavy atom. The van der Waals surface area contributed by atoms with Gasteiger partial charge in [-0.3, -0.25) is 9.78 Å². The Morgan fingerprint density at radius 2 is 2.25 bits per heavy atom. The van der Waals surface area contributed by atoms with Gasteiger partial charge in [-0.2, -0.15) is 0 Å². The Kier molecular flexibility index (Phi) is 9.50. The second-order valence-corrected chi connectivity index (χ2v) is 4.46. The first-order chi connectivity index (χ1) is 8.79.